The number of hydrogen-bond acceptors (Lipinski definition) is 5. The first kappa shape index (κ1) is 20.0. The van der Waals surface area contributed by atoms with Gasteiger partial charge in [-0.1, -0.05) is 0 Å². The molecule has 1 aliphatic carbocycles. The van der Waals surface area contributed by atoms with Crippen molar-refractivity contribution in [1.82, 2.24) is 4.57 Å². The number of hydrogen-bond donors (Lipinski definition) is 0. The molecule has 0 aliphatic heterocycles. The molecule has 1 saturated carbocycles. The highest BCUT2D eigenvalue weighted by atomic mass is 19.1. The fourth-order valence-electron chi connectivity index (χ4n) is 4.27. The van der Waals surface area contributed by atoms with Gasteiger partial charge in [-0.3, -0.25) is 19.0 Å². The predicted octanol–water partition coefficient (Wildman–Crippen LogP) is 2.62. The van der Waals surface area contributed by atoms with Gasteiger partial charge >= 0.3 is 5.97 Å². The molecule has 0 amide bonds. The van der Waals surface area contributed by atoms with Crippen LogP contribution in [0.25, 0.3) is 21.7 Å². The zero-order valence-corrected chi connectivity index (χ0v) is 16.5. The third-order valence-electron chi connectivity index (χ3n) is 5.73. The zero-order valence-electron chi connectivity index (χ0n) is 16.5. The number of esters is 1. The van der Waals surface area contributed by atoms with E-state index in [-0.39, 0.29) is 35.7 Å². The molecule has 8 heteroatoms. The van der Waals surface area contributed by atoms with Crippen molar-refractivity contribution in [3.05, 3.63) is 58.0 Å². The molecule has 2 heterocycles. The van der Waals surface area contributed by atoms with Gasteiger partial charge in [-0.15, -0.1) is 0 Å². The molecule has 30 heavy (non-hydrogen) atoms. The molecule has 0 N–H and O–H groups in total. The van der Waals surface area contributed by atoms with Crippen molar-refractivity contribution < 1.29 is 23.4 Å². The summed E-state index contributed by atoms with van der Waals surface area (Å²) in [6.07, 6.45) is 4.75. The number of benzene rings is 1. The lowest BCUT2D eigenvalue weighted by Gasteiger charge is -2.27. The third-order valence-corrected chi connectivity index (χ3v) is 5.73. The van der Waals surface area contributed by atoms with E-state index in [9.17, 15) is 24.0 Å². The Kier molecular flexibility index (Phi) is 5.24. The van der Waals surface area contributed by atoms with Crippen molar-refractivity contribution >= 4 is 33.4 Å². The van der Waals surface area contributed by atoms with Gasteiger partial charge < -0.3 is 9.94 Å². The van der Waals surface area contributed by atoms with Crippen molar-refractivity contribution in [3.63, 3.8) is 0 Å². The molecule has 0 unspecified atom stereocenters. The van der Waals surface area contributed by atoms with Crippen LogP contribution in [0, 0.1) is 16.9 Å². The first-order valence-electron chi connectivity index (χ1n) is 9.88. The summed E-state index contributed by atoms with van der Waals surface area (Å²) in [6, 6.07) is 5.26. The van der Waals surface area contributed by atoms with E-state index < -0.39 is 11.4 Å². The second kappa shape index (κ2) is 7.85. The maximum atomic E-state index is 13.8. The zero-order chi connectivity index (χ0) is 21.4. The van der Waals surface area contributed by atoms with Gasteiger partial charge in [-0.05, 0) is 43.9 Å². The molecular formula is C22H21FN2O5. The van der Waals surface area contributed by atoms with Crippen molar-refractivity contribution in [2.75, 3.05) is 0 Å². The third kappa shape index (κ3) is 3.77. The van der Waals surface area contributed by atoms with Gasteiger partial charge in [-0.25, -0.2) is 4.39 Å². The minimum Gasteiger partial charge on any atom is -0.619 e. The Morgan fingerprint density at radius 3 is 2.60 bits per heavy atom. The Hall–Kier alpha value is -3.29. The van der Waals surface area contributed by atoms with E-state index in [1.807, 2.05) is 0 Å². The Morgan fingerprint density at radius 1 is 1.17 bits per heavy atom. The Labute approximate surface area is 171 Å². The minimum atomic E-state index is -0.511. The number of halogens is 1. The van der Waals surface area contributed by atoms with Gasteiger partial charge in [-0.2, -0.15) is 4.73 Å². The van der Waals surface area contributed by atoms with E-state index in [2.05, 4.69) is 0 Å². The summed E-state index contributed by atoms with van der Waals surface area (Å²) in [4.78, 5) is 37.1. The number of pyridine rings is 2. The number of Topliss-reactive ketones (excluding diaryl/α,β-unsaturated/α-hetero) is 1. The second-order valence-electron chi connectivity index (χ2n) is 7.73. The second-order valence-corrected chi connectivity index (χ2v) is 7.73. The largest absolute Gasteiger partial charge is 0.619 e. The molecule has 3 aromatic rings. The summed E-state index contributed by atoms with van der Waals surface area (Å²) < 4.78 is 20.9. The smallest absolute Gasteiger partial charge is 0.302 e. The summed E-state index contributed by atoms with van der Waals surface area (Å²) >= 11 is 0. The van der Waals surface area contributed by atoms with Gasteiger partial charge in [0.1, 0.15) is 11.9 Å². The number of ketones is 1. The van der Waals surface area contributed by atoms with Gasteiger partial charge in [0.2, 0.25) is 0 Å². The van der Waals surface area contributed by atoms with Crippen LogP contribution >= 0.6 is 0 Å². The van der Waals surface area contributed by atoms with Crippen molar-refractivity contribution in [3.8, 4) is 0 Å². The van der Waals surface area contributed by atoms with Gasteiger partial charge in [0.05, 0.1) is 17.4 Å². The standard InChI is InChI=1S/C22H21FN2O5/c1-13(26)30-16-5-2-14(3-6-16)21(27)12-25-20-8-9-24(29)11-19(20)18-10-15(23)4-7-17(18)22(25)28/h4,7-11,14,16H,2-3,5-6,12H2,1H3/t14-,16-. The predicted molar refractivity (Wildman–Crippen MR) is 107 cm³/mol. The van der Waals surface area contributed by atoms with Crippen molar-refractivity contribution in [2.24, 2.45) is 5.92 Å². The van der Waals surface area contributed by atoms with Crippen LogP contribution in [-0.4, -0.2) is 22.4 Å². The summed E-state index contributed by atoms with van der Waals surface area (Å²) in [6.45, 7) is 1.24. The molecule has 0 saturated heterocycles. The number of fused-ring (bicyclic) bond motifs is 3. The normalized spacial score (nSPS) is 19.1. The summed E-state index contributed by atoms with van der Waals surface area (Å²) in [7, 11) is 0. The molecule has 0 atom stereocenters. The maximum Gasteiger partial charge on any atom is 0.302 e. The molecule has 1 aliphatic rings. The van der Waals surface area contributed by atoms with E-state index in [4.69, 9.17) is 4.74 Å². The van der Waals surface area contributed by atoms with Crippen LogP contribution in [0.1, 0.15) is 32.6 Å². The number of nitrogens with zero attached hydrogens (tertiary/aromatic N) is 2. The average molecular weight is 412 g/mol. The van der Waals surface area contributed by atoms with Gasteiger partial charge in [0.25, 0.3) is 5.56 Å². The van der Waals surface area contributed by atoms with Crippen LogP contribution in [-0.2, 0) is 20.9 Å². The molecular weight excluding hydrogens is 391 g/mol. The molecule has 1 fully saturated rings. The molecule has 2 aromatic heterocycles. The summed E-state index contributed by atoms with van der Waals surface area (Å²) in [5.41, 5.74) is 0.00949. The fraction of sp³-hybridized carbons (Fsp3) is 0.364. The number of carbonyl (C=O) groups is 2. The number of carbonyl (C=O) groups excluding carboxylic acids is 2. The minimum absolute atomic E-state index is 0.0833. The number of ether oxygens (including phenoxy) is 1. The van der Waals surface area contributed by atoms with Gasteiger partial charge in [0.15, 0.2) is 18.2 Å². The highest BCUT2D eigenvalue weighted by molar-refractivity contribution is 6.05. The van der Waals surface area contributed by atoms with Crippen LogP contribution in [0.5, 0.6) is 0 Å². The first-order valence-corrected chi connectivity index (χ1v) is 9.88. The Bertz CT molecular complexity index is 1210. The SMILES string of the molecule is CC(=O)O[C@H]1CC[C@H](C(=O)Cn2c(=O)c3ccc(F)cc3c3c[n+]([O-])ccc32)CC1. The quantitative estimate of drug-likeness (QED) is 0.284. The maximum absolute atomic E-state index is 13.8. The van der Waals surface area contributed by atoms with Gasteiger partial charge in [0, 0.05) is 29.7 Å². The number of aromatic nitrogens is 2. The Morgan fingerprint density at radius 2 is 1.90 bits per heavy atom. The highest BCUT2D eigenvalue weighted by Gasteiger charge is 2.28. The van der Waals surface area contributed by atoms with Crippen LogP contribution in [0.4, 0.5) is 4.39 Å². The van der Waals surface area contributed by atoms with Crippen LogP contribution in [0.15, 0.2) is 41.5 Å². The van der Waals surface area contributed by atoms with Crippen LogP contribution in [0.3, 0.4) is 0 Å². The molecule has 0 bridgehead atoms. The van der Waals surface area contributed by atoms with Crippen molar-refractivity contribution in [1.29, 1.82) is 0 Å². The van der Waals surface area contributed by atoms with E-state index in [0.717, 1.165) is 0 Å². The molecule has 7 nitrogen and oxygen atoms in total. The lowest BCUT2D eigenvalue weighted by atomic mass is 9.84. The summed E-state index contributed by atoms with van der Waals surface area (Å²) in [5, 5.41) is 12.8. The molecule has 4 rings (SSSR count). The molecule has 0 spiro atoms. The van der Waals surface area contributed by atoms with E-state index in [1.165, 1.54) is 48.1 Å². The first-order chi connectivity index (χ1) is 14.3. The monoisotopic (exact) mass is 412 g/mol. The lowest BCUT2D eigenvalue weighted by molar-refractivity contribution is -0.603. The van der Waals surface area contributed by atoms with E-state index in [0.29, 0.717) is 46.7 Å². The molecule has 0 radical (unpaired) electrons. The molecule has 156 valence electrons. The van der Waals surface area contributed by atoms with Crippen LogP contribution in [0.2, 0.25) is 0 Å². The fourth-order valence-corrected chi connectivity index (χ4v) is 4.27. The topological polar surface area (TPSA) is 92.3 Å². The van der Waals surface area contributed by atoms with E-state index in [1.54, 1.807) is 0 Å². The molecule has 1 aromatic carbocycles. The lowest BCUT2D eigenvalue weighted by Crippen LogP contribution is -2.33. The highest BCUT2D eigenvalue weighted by Crippen LogP contribution is 2.28. The van der Waals surface area contributed by atoms with Crippen molar-refractivity contribution in [2.45, 2.75) is 45.3 Å². The van der Waals surface area contributed by atoms with Crippen LogP contribution < -0.4 is 10.3 Å². The van der Waals surface area contributed by atoms with E-state index >= 15 is 0 Å². The Balaban J connectivity index is 1.68. The average Bonchev–Trinajstić information content (AvgIpc) is 2.71. The summed E-state index contributed by atoms with van der Waals surface area (Å²) in [5.74, 6) is -1.15. The number of rotatable bonds is 4.